The first-order valence-electron chi connectivity index (χ1n) is 20.3. The molecule has 11 aromatic carbocycles. The van der Waals surface area contributed by atoms with Gasteiger partial charge in [0, 0.05) is 11.3 Å². The van der Waals surface area contributed by atoms with Gasteiger partial charge in [-0.2, -0.15) is 0 Å². The van der Waals surface area contributed by atoms with Gasteiger partial charge in [-0.05, 0) is 117 Å². The normalized spacial score (nSPS) is 11.7. The van der Waals surface area contributed by atoms with Crippen LogP contribution in [0.4, 0.5) is 0 Å². The number of nitrogens with zero attached hydrogens (tertiary/aromatic N) is 2. The standard InChI is InChI=1S/C57H36N2/c1-3-17-37(18-4-1)57-58-53-36-39(32-34-54(53)59(57)40-19-5-2-6-20-40)38-31-33-48-44-24-10-8-22-42(44)41-21-7-9-23-43(41)45-25-11-14-28-49(45)55-50-29-15-12-26-46(50)47-27-13-16-30-51(47)56(55)52(48)35-38/h1-36H. The Balaban J connectivity index is 1.27. The second kappa shape index (κ2) is 13.4. The molecule has 12 rings (SSSR count). The topological polar surface area (TPSA) is 17.8 Å². The molecule has 0 fully saturated rings. The van der Waals surface area contributed by atoms with Gasteiger partial charge in [-0.1, -0.05) is 188 Å². The van der Waals surface area contributed by atoms with Gasteiger partial charge in [-0.3, -0.25) is 4.57 Å². The molecule has 0 aliphatic rings. The number of benzene rings is 10. The van der Waals surface area contributed by atoms with Gasteiger partial charge in [0.1, 0.15) is 5.82 Å². The van der Waals surface area contributed by atoms with E-state index in [4.69, 9.17) is 4.98 Å². The summed E-state index contributed by atoms with van der Waals surface area (Å²) in [5.41, 5.74) is 6.47. The van der Waals surface area contributed by atoms with Gasteiger partial charge >= 0.3 is 0 Å². The van der Waals surface area contributed by atoms with Crippen molar-refractivity contribution in [1.29, 1.82) is 0 Å². The Morgan fingerprint density at radius 2 is 0.644 bits per heavy atom. The summed E-state index contributed by atoms with van der Waals surface area (Å²) in [6.07, 6.45) is 0. The molecule has 274 valence electrons. The minimum absolute atomic E-state index is 0.928. The molecule has 2 heteroatoms. The van der Waals surface area contributed by atoms with Crippen LogP contribution in [0.5, 0.6) is 0 Å². The third-order valence-corrected chi connectivity index (χ3v) is 12.2. The number of rotatable bonds is 3. The number of aromatic nitrogens is 2. The number of imidazole rings is 1. The summed E-state index contributed by atoms with van der Waals surface area (Å²) in [5, 5.41) is 17.3. The number of para-hydroxylation sites is 1. The predicted molar refractivity (Wildman–Crippen MR) is 252 cm³/mol. The van der Waals surface area contributed by atoms with Crippen molar-refractivity contribution in [2.45, 2.75) is 0 Å². The third kappa shape index (κ3) is 5.24. The fraction of sp³-hybridized carbons (Fsp3) is 0. The second-order valence-electron chi connectivity index (χ2n) is 15.4. The van der Waals surface area contributed by atoms with E-state index in [1.54, 1.807) is 0 Å². The van der Waals surface area contributed by atoms with E-state index in [1.807, 2.05) is 0 Å². The van der Waals surface area contributed by atoms with E-state index >= 15 is 0 Å². The van der Waals surface area contributed by atoms with E-state index in [0.29, 0.717) is 0 Å². The fourth-order valence-corrected chi connectivity index (χ4v) is 9.59. The Morgan fingerprint density at radius 3 is 1.15 bits per heavy atom. The molecule has 0 N–H and O–H groups in total. The summed E-state index contributed by atoms with van der Waals surface area (Å²) in [5.74, 6) is 0.928. The van der Waals surface area contributed by atoms with Gasteiger partial charge in [0.2, 0.25) is 0 Å². The van der Waals surface area contributed by atoms with Gasteiger partial charge in [-0.15, -0.1) is 0 Å². The molecular weight excluding hydrogens is 713 g/mol. The van der Waals surface area contributed by atoms with Crippen LogP contribution in [0, 0.1) is 0 Å². The monoisotopic (exact) mass is 748 g/mol. The minimum Gasteiger partial charge on any atom is -0.292 e. The van der Waals surface area contributed by atoms with Crippen molar-refractivity contribution in [3.05, 3.63) is 218 Å². The second-order valence-corrected chi connectivity index (χ2v) is 15.4. The summed E-state index contributed by atoms with van der Waals surface area (Å²) >= 11 is 0. The van der Waals surface area contributed by atoms with Gasteiger partial charge in [-0.25, -0.2) is 4.98 Å². The maximum Gasteiger partial charge on any atom is 0.145 e. The molecule has 2 nitrogen and oxygen atoms in total. The van der Waals surface area contributed by atoms with Crippen LogP contribution in [0.2, 0.25) is 0 Å². The van der Waals surface area contributed by atoms with Crippen molar-refractivity contribution in [2.24, 2.45) is 0 Å². The molecule has 59 heavy (non-hydrogen) atoms. The average Bonchev–Trinajstić information content (AvgIpc) is 3.70. The fourth-order valence-electron chi connectivity index (χ4n) is 9.59. The Morgan fingerprint density at radius 1 is 0.271 bits per heavy atom. The Labute approximate surface area is 341 Å². The molecule has 12 aromatic rings. The maximum atomic E-state index is 5.33. The predicted octanol–water partition coefficient (Wildman–Crippen LogP) is 15.6. The average molecular weight is 749 g/mol. The van der Waals surface area contributed by atoms with Gasteiger partial charge in [0.05, 0.1) is 11.0 Å². The number of hydrogen-bond donors (Lipinski definition) is 0. The lowest BCUT2D eigenvalue weighted by molar-refractivity contribution is 1.10. The Bertz CT molecular complexity index is 3710. The third-order valence-electron chi connectivity index (χ3n) is 12.2. The van der Waals surface area contributed by atoms with Gasteiger partial charge < -0.3 is 0 Å². The van der Waals surface area contributed by atoms with E-state index in [1.165, 1.54) is 75.4 Å². The van der Waals surface area contributed by atoms with Crippen molar-refractivity contribution in [1.82, 2.24) is 9.55 Å². The summed E-state index contributed by atoms with van der Waals surface area (Å²) in [7, 11) is 0. The smallest absolute Gasteiger partial charge is 0.145 e. The van der Waals surface area contributed by atoms with Crippen LogP contribution in [0.3, 0.4) is 0 Å². The molecule has 0 amide bonds. The van der Waals surface area contributed by atoms with Crippen LogP contribution in [0.25, 0.3) is 115 Å². The molecule has 0 aliphatic carbocycles. The first-order chi connectivity index (χ1) is 29.3. The number of fused-ring (bicyclic) bond motifs is 16. The van der Waals surface area contributed by atoms with E-state index in [2.05, 4.69) is 223 Å². The van der Waals surface area contributed by atoms with Crippen LogP contribution >= 0.6 is 0 Å². The quantitative estimate of drug-likeness (QED) is 0.165. The summed E-state index contributed by atoms with van der Waals surface area (Å²) in [4.78, 5) is 5.33. The highest BCUT2D eigenvalue weighted by molar-refractivity contribution is 6.38. The molecule has 0 unspecified atom stereocenters. The SMILES string of the molecule is c1ccc(-c2nc3cc(-c4ccc5c6ccccc6c6ccccc6c6ccccc6c6c7ccccc7c7ccccc7c6c5c4)ccc3n2-c2ccccc2)cc1. The zero-order chi connectivity index (χ0) is 38.9. The van der Waals surface area contributed by atoms with Gasteiger partial charge in [0.15, 0.2) is 0 Å². The maximum absolute atomic E-state index is 5.33. The van der Waals surface area contributed by atoms with Crippen molar-refractivity contribution >= 4 is 86.4 Å². The van der Waals surface area contributed by atoms with E-state index < -0.39 is 0 Å². The van der Waals surface area contributed by atoms with Crippen LogP contribution in [0.15, 0.2) is 218 Å². The van der Waals surface area contributed by atoms with Crippen molar-refractivity contribution in [2.75, 3.05) is 0 Å². The van der Waals surface area contributed by atoms with E-state index in [9.17, 15) is 0 Å². The molecule has 0 saturated carbocycles. The van der Waals surface area contributed by atoms with Crippen LogP contribution in [0.1, 0.15) is 0 Å². The summed E-state index contributed by atoms with van der Waals surface area (Å²) < 4.78 is 2.28. The Kier molecular flexibility index (Phi) is 7.57. The first kappa shape index (κ1) is 33.3. The highest BCUT2D eigenvalue weighted by Gasteiger charge is 2.18. The van der Waals surface area contributed by atoms with Crippen LogP contribution in [-0.4, -0.2) is 9.55 Å². The van der Waals surface area contributed by atoms with Crippen LogP contribution in [-0.2, 0) is 0 Å². The molecule has 0 radical (unpaired) electrons. The van der Waals surface area contributed by atoms with Crippen LogP contribution < -0.4 is 0 Å². The molecule has 0 aliphatic heterocycles. The lowest BCUT2D eigenvalue weighted by Crippen LogP contribution is -1.97. The lowest BCUT2D eigenvalue weighted by atomic mass is 9.88. The largest absolute Gasteiger partial charge is 0.292 e. The summed E-state index contributed by atoms with van der Waals surface area (Å²) in [6.45, 7) is 0. The number of hydrogen-bond acceptors (Lipinski definition) is 1. The lowest BCUT2D eigenvalue weighted by Gasteiger charge is -2.15. The molecule has 0 saturated heterocycles. The first-order valence-corrected chi connectivity index (χ1v) is 20.3. The van der Waals surface area contributed by atoms with E-state index in [-0.39, 0.29) is 0 Å². The molecule has 1 heterocycles. The molecule has 1 aromatic heterocycles. The van der Waals surface area contributed by atoms with Gasteiger partial charge in [0.25, 0.3) is 0 Å². The molecule has 0 spiro atoms. The molecule has 0 atom stereocenters. The zero-order valence-corrected chi connectivity index (χ0v) is 32.2. The highest BCUT2D eigenvalue weighted by Crippen LogP contribution is 2.44. The van der Waals surface area contributed by atoms with Crippen molar-refractivity contribution in [3.8, 4) is 28.2 Å². The molecule has 0 bridgehead atoms. The van der Waals surface area contributed by atoms with Crippen molar-refractivity contribution in [3.63, 3.8) is 0 Å². The van der Waals surface area contributed by atoms with E-state index in [0.717, 1.165) is 39.2 Å². The highest BCUT2D eigenvalue weighted by atomic mass is 15.1. The summed E-state index contributed by atoms with van der Waals surface area (Å²) in [6, 6.07) is 79.7. The Hall–Kier alpha value is -7.81. The zero-order valence-electron chi connectivity index (χ0n) is 32.2. The minimum atomic E-state index is 0.928. The molecular formula is C57H36N2. The van der Waals surface area contributed by atoms with Crippen molar-refractivity contribution < 1.29 is 0 Å².